The summed E-state index contributed by atoms with van der Waals surface area (Å²) >= 11 is 0. The van der Waals surface area contributed by atoms with Crippen LogP contribution in [0.4, 0.5) is 13.2 Å². The first-order valence-corrected chi connectivity index (χ1v) is 11.4. The minimum atomic E-state index is -4.51. The number of benzene rings is 3. The van der Waals surface area contributed by atoms with Crippen LogP contribution in [0.2, 0.25) is 0 Å². The van der Waals surface area contributed by atoms with E-state index in [1.54, 1.807) is 24.3 Å². The molecule has 2 N–H and O–H groups in total. The van der Waals surface area contributed by atoms with Gasteiger partial charge in [0.15, 0.2) is 5.78 Å². The highest BCUT2D eigenvalue weighted by Gasteiger charge is 2.34. The van der Waals surface area contributed by atoms with Crippen molar-refractivity contribution in [3.8, 4) is 11.5 Å². The van der Waals surface area contributed by atoms with E-state index in [0.29, 0.717) is 22.3 Å². The van der Waals surface area contributed by atoms with Gasteiger partial charge in [-0.2, -0.15) is 13.2 Å². The molecule has 0 spiro atoms. The van der Waals surface area contributed by atoms with Crippen LogP contribution in [0.15, 0.2) is 60.7 Å². The fourth-order valence-corrected chi connectivity index (χ4v) is 4.16. The number of Topliss-reactive ketones (excluding diaryl/α,β-unsaturated/α-hetero) is 1. The topological polar surface area (TPSA) is 57.5 Å². The van der Waals surface area contributed by atoms with Crippen molar-refractivity contribution < 1.29 is 28.2 Å². The number of halogens is 3. The zero-order chi connectivity index (χ0) is 26.3. The van der Waals surface area contributed by atoms with Crippen molar-refractivity contribution in [2.24, 2.45) is 0 Å². The molecule has 0 aliphatic heterocycles. The SMILES string of the molecule is CC(C)(C)c1cc(C(C(=O)c2ccccc2O)c2ccc(C(F)(F)F)cc2)cc(C(C)(C)C)c1O. The van der Waals surface area contributed by atoms with Crippen molar-refractivity contribution >= 4 is 5.78 Å². The van der Waals surface area contributed by atoms with Gasteiger partial charge in [0.2, 0.25) is 0 Å². The van der Waals surface area contributed by atoms with Gasteiger partial charge in [0.1, 0.15) is 11.5 Å². The number of carbonyl (C=O) groups is 1. The molecule has 3 aromatic carbocycles. The van der Waals surface area contributed by atoms with Gasteiger partial charge in [-0.3, -0.25) is 4.79 Å². The smallest absolute Gasteiger partial charge is 0.416 e. The van der Waals surface area contributed by atoms with Crippen LogP contribution in [0.25, 0.3) is 0 Å². The first kappa shape index (κ1) is 26.3. The van der Waals surface area contributed by atoms with Crippen LogP contribution < -0.4 is 0 Å². The highest BCUT2D eigenvalue weighted by Crippen LogP contribution is 2.43. The fourth-order valence-electron chi connectivity index (χ4n) is 4.16. The van der Waals surface area contributed by atoms with Crippen LogP contribution in [-0.2, 0) is 17.0 Å². The van der Waals surface area contributed by atoms with Crippen LogP contribution in [-0.4, -0.2) is 16.0 Å². The maximum absolute atomic E-state index is 13.8. The Morgan fingerprint density at radius 1 is 0.743 bits per heavy atom. The minimum absolute atomic E-state index is 0.0695. The Balaban J connectivity index is 2.33. The van der Waals surface area contributed by atoms with Gasteiger partial charge in [-0.05, 0) is 57.3 Å². The highest BCUT2D eigenvalue weighted by atomic mass is 19.4. The van der Waals surface area contributed by atoms with Gasteiger partial charge >= 0.3 is 6.18 Å². The summed E-state index contributed by atoms with van der Waals surface area (Å²) in [6.45, 7) is 11.6. The lowest BCUT2D eigenvalue weighted by molar-refractivity contribution is -0.137. The van der Waals surface area contributed by atoms with E-state index in [9.17, 15) is 28.2 Å². The molecule has 0 heterocycles. The Morgan fingerprint density at radius 3 is 1.66 bits per heavy atom. The molecule has 0 amide bonds. The maximum atomic E-state index is 13.8. The van der Waals surface area contributed by atoms with E-state index in [-0.39, 0.29) is 17.1 Å². The lowest BCUT2D eigenvalue weighted by atomic mass is 9.75. The van der Waals surface area contributed by atoms with Gasteiger partial charge in [0, 0.05) is 0 Å². The summed E-state index contributed by atoms with van der Waals surface area (Å²) in [5.41, 5.74) is 0.462. The molecule has 186 valence electrons. The Bertz CT molecular complexity index is 1190. The van der Waals surface area contributed by atoms with Crippen molar-refractivity contribution in [1.29, 1.82) is 0 Å². The molecule has 0 fully saturated rings. The average molecular weight is 485 g/mol. The molecule has 0 radical (unpaired) electrons. The van der Waals surface area contributed by atoms with Crippen molar-refractivity contribution in [2.75, 3.05) is 0 Å². The van der Waals surface area contributed by atoms with Gasteiger partial charge in [-0.25, -0.2) is 0 Å². The number of phenols is 2. The summed E-state index contributed by atoms with van der Waals surface area (Å²) in [4.78, 5) is 13.8. The van der Waals surface area contributed by atoms with Crippen LogP contribution in [0, 0.1) is 0 Å². The lowest BCUT2D eigenvalue weighted by Crippen LogP contribution is -2.21. The molecule has 0 saturated heterocycles. The van der Waals surface area contributed by atoms with E-state index in [1.807, 2.05) is 41.5 Å². The molecule has 0 bridgehead atoms. The van der Waals surface area contributed by atoms with Crippen LogP contribution >= 0.6 is 0 Å². The van der Waals surface area contributed by atoms with Gasteiger partial charge in [0.25, 0.3) is 0 Å². The molecule has 3 nitrogen and oxygen atoms in total. The zero-order valence-corrected chi connectivity index (χ0v) is 20.8. The third-order valence-corrected chi connectivity index (χ3v) is 6.08. The van der Waals surface area contributed by atoms with Gasteiger partial charge in [-0.15, -0.1) is 0 Å². The molecule has 1 atom stereocenters. The van der Waals surface area contributed by atoms with E-state index < -0.39 is 34.3 Å². The first-order chi connectivity index (χ1) is 16.0. The molecule has 0 aliphatic rings. The van der Waals surface area contributed by atoms with E-state index in [0.717, 1.165) is 12.1 Å². The summed E-state index contributed by atoms with van der Waals surface area (Å²) in [6.07, 6.45) is -4.51. The summed E-state index contributed by atoms with van der Waals surface area (Å²) in [5, 5.41) is 21.5. The molecule has 1 unspecified atom stereocenters. The molecule has 0 saturated carbocycles. The number of rotatable bonds is 4. The summed E-state index contributed by atoms with van der Waals surface area (Å²) in [5.74, 6) is -1.52. The quantitative estimate of drug-likeness (QED) is 0.373. The summed E-state index contributed by atoms with van der Waals surface area (Å²) in [7, 11) is 0. The number of aromatic hydroxyl groups is 2. The third-order valence-electron chi connectivity index (χ3n) is 6.08. The third kappa shape index (κ3) is 5.53. The monoisotopic (exact) mass is 484 g/mol. The lowest BCUT2D eigenvalue weighted by Gasteiger charge is -2.30. The number of hydrogen-bond acceptors (Lipinski definition) is 3. The molecule has 0 aliphatic carbocycles. The number of hydrogen-bond donors (Lipinski definition) is 2. The minimum Gasteiger partial charge on any atom is -0.507 e. The van der Waals surface area contributed by atoms with E-state index in [1.165, 1.54) is 24.3 Å². The number of carbonyl (C=O) groups excluding carboxylic acids is 1. The number of phenolic OH excluding ortho intramolecular Hbond substituents is 2. The Hall–Kier alpha value is -3.28. The zero-order valence-electron chi connectivity index (χ0n) is 20.8. The Labute approximate surface area is 204 Å². The normalized spacial score (nSPS) is 13.5. The molecule has 0 aromatic heterocycles. The number of alkyl halides is 3. The first-order valence-electron chi connectivity index (χ1n) is 11.4. The number of para-hydroxylation sites is 1. The fraction of sp³-hybridized carbons (Fsp3) is 0.345. The maximum Gasteiger partial charge on any atom is 0.416 e. The predicted molar refractivity (Wildman–Crippen MR) is 131 cm³/mol. The van der Waals surface area contributed by atoms with Crippen molar-refractivity contribution in [1.82, 2.24) is 0 Å². The molecule has 3 rings (SSSR count). The van der Waals surface area contributed by atoms with Gasteiger partial charge in [-0.1, -0.05) is 77.9 Å². The second-order valence-electron chi connectivity index (χ2n) is 10.9. The summed E-state index contributed by atoms with van der Waals surface area (Å²) in [6, 6.07) is 14.1. The molecule has 3 aromatic rings. The molecular weight excluding hydrogens is 453 g/mol. The molecular formula is C29H31F3O3. The summed E-state index contributed by atoms with van der Waals surface area (Å²) < 4.78 is 39.6. The van der Waals surface area contributed by atoms with Crippen LogP contribution in [0.5, 0.6) is 11.5 Å². The van der Waals surface area contributed by atoms with E-state index in [2.05, 4.69) is 0 Å². The van der Waals surface area contributed by atoms with Gasteiger partial charge in [0.05, 0.1) is 17.0 Å². The number of ketones is 1. The van der Waals surface area contributed by atoms with E-state index in [4.69, 9.17) is 0 Å². The Kier molecular flexibility index (Phi) is 6.82. The highest BCUT2D eigenvalue weighted by molar-refractivity contribution is 6.05. The predicted octanol–water partition coefficient (Wildman–Crippen LogP) is 7.73. The largest absolute Gasteiger partial charge is 0.507 e. The van der Waals surface area contributed by atoms with Crippen molar-refractivity contribution in [3.05, 3.63) is 94.0 Å². The second kappa shape index (κ2) is 9.06. The average Bonchev–Trinajstić information content (AvgIpc) is 2.73. The van der Waals surface area contributed by atoms with Crippen LogP contribution in [0.3, 0.4) is 0 Å². The van der Waals surface area contributed by atoms with Crippen molar-refractivity contribution in [3.63, 3.8) is 0 Å². The van der Waals surface area contributed by atoms with Crippen molar-refractivity contribution in [2.45, 2.75) is 64.5 Å². The standard InChI is InChI=1S/C29H31F3O3/c1-27(2,3)21-15-18(16-22(26(21)35)28(4,5)6)24(25(34)20-9-7-8-10-23(20)33)17-11-13-19(14-12-17)29(30,31)32/h7-16,24,33,35H,1-6H3. The van der Waals surface area contributed by atoms with Gasteiger partial charge < -0.3 is 10.2 Å². The molecule has 35 heavy (non-hydrogen) atoms. The second-order valence-corrected chi connectivity index (χ2v) is 10.9. The molecule has 6 heteroatoms. The van der Waals surface area contributed by atoms with Crippen LogP contribution in [0.1, 0.15) is 85.6 Å². The van der Waals surface area contributed by atoms with E-state index >= 15 is 0 Å². The Morgan fingerprint density at radius 2 is 1.23 bits per heavy atom.